The fourth-order valence-corrected chi connectivity index (χ4v) is 2.11. The van der Waals surface area contributed by atoms with Crippen molar-refractivity contribution in [3.05, 3.63) is 64.1 Å². The number of hydrogen-bond acceptors (Lipinski definition) is 3. The van der Waals surface area contributed by atoms with Gasteiger partial charge in [-0.05, 0) is 52.3 Å². The first-order chi connectivity index (χ1) is 10.1. The van der Waals surface area contributed by atoms with Crippen LogP contribution in [-0.4, -0.2) is 18.9 Å². The summed E-state index contributed by atoms with van der Waals surface area (Å²) in [6.07, 6.45) is 0. The summed E-state index contributed by atoms with van der Waals surface area (Å²) in [4.78, 5) is 23.8. The van der Waals surface area contributed by atoms with Crippen LogP contribution in [0.1, 0.15) is 20.7 Å². The summed E-state index contributed by atoms with van der Waals surface area (Å²) in [5, 5.41) is 0. The van der Waals surface area contributed by atoms with Gasteiger partial charge >= 0.3 is 0 Å². The van der Waals surface area contributed by atoms with Crippen LogP contribution in [0.15, 0.2) is 53.0 Å². The molecule has 5 nitrogen and oxygen atoms in total. The summed E-state index contributed by atoms with van der Waals surface area (Å²) in [6.45, 7) is 0. The van der Waals surface area contributed by atoms with E-state index in [2.05, 4.69) is 26.8 Å². The van der Waals surface area contributed by atoms with Gasteiger partial charge in [0, 0.05) is 10.0 Å². The summed E-state index contributed by atoms with van der Waals surface area (Å²) in [6, 6.07) is 13.5. The van der Waals surface area contributed by atoms with Crippen molar-refractivity contribution >= 4 is 27.7 Å². The average Bonchev–Trinajstić information content (AvgIpc) is 2.52. The molecule has 2 aromatic carbocycles. The van der Waals surface area contributed by atoms with Crippen molar-refractivity contribution in [3.63, 3.8) is 0 Å². The molecule has 0 radical (unpaired) electrons. The topological polar surface area (TPSA) is 67.4 Å². The lowest BCUT2D eigenvalue weighted by Gasteiger charge is -2.09. The molecule has 2 amide bonds. The highest BCUT2D eigenvalue weighted by atomic mass is 79.9. The van der Waals surface area contributed by atoms with Gasteiger partial charge in [0.25, 0.3) is 11.8 Å². The van der Waals surface area contributed by atoms with Crippen LogP contribution in [0.2, 0.25) is 0 Å². The number of hydrogen-bond donors (Lipinski definition) is 2. The van der Waals surface area contributed by atoms with Crippen LogP contribution in [0.3, 0.4) is 0 Å². The standard InChI is InChI=1S/C15H13BrN2O3/c1-21-11-8-6-10(7-9-11)14(19)17-18-15(20)12-4-2-3-5-13(12)16/h2-9H,1H3,(H,17,19)(H,18,20). The zero-order valence-corrected chi connectivity index (χ0v) is 12.8. The third kappa shape index (κ3) is 3.82. The molecule has 0 bridgehead atoms. The molecule has 0 aromatic heterocycles. The molecule has 0 aliphatic rings. The van der Waals surface area contributed by atoms with E-state index in [9.17, 15) is 9.59 Å². The number of ether oxygens (including phenoxy) is 1. The van der Waals surface area contributed by atoms with E-state index in [-0.39, 0.29) is 0 Å². The van der Waals surface area contributed by atoms with Crippen LogP contribution in [0.5, 0.6) is 5.75 Å². The zero-order chi connectivity index (χ0) is 15.2. The molecular formula is C15H13BrN2O3. The minimum atomic E-state index is -0.405. The monoisotopic (exact) mass is 348 g/mol. The Hall–Kier alpha value is -2.34. The van der Waals surface area contributed by atoms with E-state index in [1.54, 1.807) is 55.6 Å². The predicted molar refractivity (Wildman–Crippen MR) is 82.1 cm³/mol. The van der Waals surface area contributed by atoms with E-state index in [1.807, 2.05) is 0 Å². The third-order valence-electron chi connectivity index (χ3n) is 2.76. The summed E-state index contributed by atoms with van der Waals surface area (Å²) >= 11 is 3.28. The Balaban J connectivity index is 1.97. The Bertz CT molecular complexity index is 656. The van der Waals surface area contributed by atoms with Gasteiger partial charge in [-0.1, -0.05) is 12.1 Å². The number of amides is 2. The smallest absolute Gasteiger partial charge is 0.270 e. The summed E-state index contributed by atoms with van der Waals surface area (Å²) in [5.74, 6) is -0.147. The number of hydrazine groups is 1. The number of benzene rings is 2. The molecule has 21 heavy (non-hydrogen) atoms. The summed E-state index contributed by atoms with van der Waals surface area (Å²) in [5.41, 5.74) is 5.59. The molecule has 2 rings (SSSR count). The summed E-state index contributed by atoms with van der Waals surface area (Å²) < 4.78 is 5.67. The molecule has 0 aliphatic heterocycles. The molecule has 108 valence electrons. The van der Waals surface area contributed by atoms with Crippen LogP contribution in [0.25, 0.3) is 0 Å². The molecule has 0 atom stereocenters. The summed E-state index contributed by atoms with van der Waals surface area (Å²) in [7, 11) is 1.55. The predicted octanol–water partition coefficient (Wildman–Crippen LogP) is 2.53. The largest absolute Gasteiger partial charge is 0.497 e. The van der Waals surface area contributed by atoms with E-state index in [0.717, 1.165) is 0 Å². The molecule has 0 unspecified atom stereocenters. The van der Waals surface area contributed by atoms with Crippen molar-refractivity contribution in [1.82, 2.24) is 10.9 Å². The van der Waals surface area contributed by atoms with E-state index >= 15 is 0 Å². The number of carbonyl (C=O) groups excluding carboxylic acids is 2. The van der Waals surface area contributed by atoms with E-state index in [4.69, 9.17) is 4.74 Å². The minimum absolute atomic E-state index is 0.399. The molecular weight excluding hydrogens is 336 g/mol. The SMILES string of the molecule is COc1ccc(C(=O)NNC(=O)c2ccccc2Br)cc1. The normalized spacial score (nSPS) is 9.81. The molecule has 2 N–H and O–H groups in total. The fourth-order valence-electron chi connectivity index (χ4n) is 1.64. The van der Waals surface area contributed by atoms with Gasteiger partial charge in [-0.2, -0.15) is 0 Å². The second-order valence-corrected chi connectivity index (χ2v) is 4.97. The van der Waals surface area contributed by atoms with Crippen LogP contribution >= 0.6 is 15.9 Å². The maximum Gasteiger partial charge on any atom is 0.270 e. The number of methoxy groups -OCH3 is 1. The van der Waals surface area contributed by atoms with Gasteiger partial charge in [-0.3, -0.25) is 20.4 Å². The van der Waals surface area contributed by atoms with Gasteiger partial charge in [0.05, 0.1) is 12.7 Å². The molecule has 0 saturated heterocycles. The average molecular weight is 349 g/mol. The van der Waals surface area contributed by atoms with E-state index in [0.29, 0.717) is 21.3 Å². The lowest BCUT2D eigenvalue weighted by atomic mass is 10.2. The molecule has 0 spiro atoms. The molecule has 6 heteroatoms. The molecule has 2 aromatic rings. The van der Waals surface area contributed by atoms with Gasteiger partial charge in [0.1, 0.15) is 5.75 Å². The highest BCUT2D eigenvalue weighted by molar-refractivity contribution is 9.10. The minimum Gasteiger partial charge on any atom is -0.497 e. The van der Waals surface area contributed by atoms with Crippen molar-refractivity contribution in [2.75, 3.05) is 7.11 Å². The number of rotatable bonds is 3. The first-order valence-corrected chi connectivity index (χ1v) is 6.90. The van der Waals surface area contributed by atoms with E-state index < -0.39 is 11.8 Å². The fraction of sp³-hybridized carbons (Fsp3) is 0.0667. The first kappa shape index (κ1) is 15.1. The lowest BCUT2D eigenvalue weighted by molar-refractivity contribution is 0.0846. The Kier molecular flexibility index (Phi) is 4.94. The Morgan fingerprint density at radius 2 is 1.57 bits per heavy atom. The number of halogens is 1. The van der Waals surface area contributed by atoms with Gasteiger partial charge in [-0.25, -0.2) is 0 Å². The second kappa shape index (κ2) is 6.90. The zero-order valence-electron chi connectivity index (χ0n) is 11.2. The molecule has 0 aliphatic carbocycles. The van der Waals surface area contributed by atoms with Crippen molar-refractivity contribution in [1.29, 1.82) is 0 Å². The van der Waals surface area contributed by atoms with Gasteiger partial charge in [-0.15, -0.1) is 0 Å². The maximum absolute atomic E-state index is 11.9. The molecule has 0 fully saturated rings. The van der Waals surface area contributed by atoms with Crippen LogP contribution in [-0.2, 0) is 0 Å². The Morgan fingerprint density at radius 3 is 2.19 bits per heavy atom. The highest BCUT2D eigenvalue weighted by Gasteiger charge is 2.11. The van der Waals surface area contributed by atoms with Crippen LogP contribution < -0.4 is 15.6 Å². The lowest BCUT2D eigenvalue weighted by Crippen LogP contribution is -2.41. The first-order valence-electron chi connectivity index (χ1n) is 6.11. The maximum atomic E-state index is 11.9. The van der Waals surface area contributed by atoms with Gasteiger partial charge in [0.15, 0.2) is 0 Å². The van der Waals surface area contributed by atoms with Crippen molar-refractivity contribution in [3.8, 4) is 5.75 Å². The van der Waals surface area contributed by atoms with Crippen molar-refractivity contribution < 1.29 is 14.3 Å². The van der Waals surface area contributed by atoms with Crippen molar-refractivity contribution in [2.45, 2.75) is 0 Å². The van der Waals surface area contributed by atoms with Gasteiger partial charge < -0.3 is 4.74 Å². The highest BCUT2D eigenvalue weighted by Crippen LogP contribution is 2.15. The van der Waals surface area contributed by atoms with Crippen LogP contribution in [0, 0.1) is 0 Å². The van der Waals surface area contributed by atoms with Crippen LogP contribution in [0.4, 0.5) is 0 Å². The molecule has 0 saturated carbocycles. The second-order valence-electron chi connectivity index (χ2n) is 4.12. The molecule has 0 heterocycles. The quantitative estimate of drug-likeness (QED) is 0.837. The van der Waals surface area contributed by atoms with Gasteiger partial charge in [0.2, 0.25) is 0 Å². The number of nitrogens with one attached hydrogen (secondary N) is 2. The van der Waals surface area contributed by atoms with Crippen molar-refractivity contribution in [2.24, 2.45) is 0 Å². The Labute approximate surface area is 130 Å². The van der Waals surface area contributed by atoms with E-state index in [1.165, 1.54) is 0 Å². The number of carbonyl (C=O) groups is 2. The Morgan fingerprint density at radius 1 is 0.952 bits per heavy atom. The third-order valence-corrected chi connectivity index (χ3v) is 3.45.